The molecular formula is C15H12BrF2NO2. The van der Waals surface area contributed by atoms with Crippen molar-refractivity contribution in [2.45, 2.75) is 6.42 Å². The first-order valence-electron chi connectivity index (χ1n) is 6.07. The molecule has 21 heavy (non-hydrogen) atoms. The van der Waals surface area contributed by atoms with E-state index < -0.39 is 17.5 Å². The average molecular weight is 356 g/mol. The molecule has 0 radical (unpaired) electrons. The van der Waals surface area contributed by atoms with E-state index >= 15 is 0 Å². The Kier molecular flexibility index (Phi) is 4.90. The highest BCUT2D eigenvalue weighted by Crippen LogP contribution is 2.24. The quantitative estimate of drug-likeness (QED) is 0.844. The number of anilines is 1. The summed E-state index contributed by atoms with van der Waals surface area (Å²) in [5.74, 6) is -1.25. The predicted molar refractivity (Wildman–Crippen MR) is 79.4 cm³/mol. The van der Waals surface area contributed by atoms with Crippen LogP contribution in [0.1, 0.15) is 5.56 Å². The summed E-state index contributed by atoms with van der Waals surface area (Å²) in [6, 6.07) is 8.90. The standard InChI is InChI=1S/C15H12BrF2NO2/c1-21-14-5-3-2-4-9(14)6-15(20)19-13-8-11(17)10(16)7-12(13)18/h2-5,7-8H,6H2,1H3,(H,19,20). The lowest BCUT2D eigenvalue weighted by molar-refractivity contribution is -0.115. The van der Waals surface area contributed by atoms with Crippen molar-refractivity contribution < 1.29 is 18.3 Å². The summed E-state index contributed by atoms with van der Waals surface area (Å²) in [6.45, 7) is 0. The highest BCUT2D eigenvalue weighted by Gasteiger charge is 2.13. The second-order valence-corrected chi connectivity index (χ2v) is 5.14. The lowest BCUT2D eigenvalue weighted by Crippen LogP contribution is -2.16. The highest BCUT2D eigenvalue weighted by molar-refractivity contribution is 9.10. The number of halogens is 3. The van der Waals surface area contributed by atoms with E-state index in [1.807, 2.05) is 0 Å². The number of carbonyl (C=O) groups excluding carboxylic acids is 1. The Morgan fingerprint density at radius 2 is 1.95 bits per heavy atom. The summed E-state index contributed by atoms with van der Waals surface area (Å²) in [6.07, 6.45) is 0.00113. The Morgan fingerprint density at radius 3 is 2.67 bits per heavy atom. The normalized spacial score (nSPS) is 10.3. The zero-order valence-electron chi connectivity index (χ0n) is 11.1. The maximum absolute atomic E-state index is 13.6. The van der Waals surface area contributed by atoms with E-state index in [9.17, 15) is 13.6 Å². The summed E-state index contributed by atoms with van der Waals surface area (Å²) in [7, 11) is 1.50. The molecule has 6 heteroatoms. The molecule has 0 spiro atoms. The van der Waals surface area contributed by atoms with Gasteiger partial charge in [0.25, 0.3) is 0 Å². The van der Waals surface area contributed by atoms with Crippen molar-refractivity contribution in [1.29, 1.82) is 0 Å². The van der Waals surface area contributed by atoms with Crippen LogP contribution in [0.2, 0.25) is 0 Å². The van der Waals surface area contributed by atoms with E-state index in [4.69, 9.17) is 4.74 Å². The molecule has 110 valence electrons. The fourth-order valence-electron chi connectivity index (χ4n) is 1.83. The van der Waals surface area contributed by atoms with Crippen molar-refractivity contribution in [3.05, 3.63) is 58.1 Å². The zero-order chi connectivity index (χ0) is 15.4. The molecule has 0 unspecified atom stereocenters. The van der Waals surface area contributed by atoms with Crippen molar-refractivity contribution in [1.82, 2.24) is 0 Å². The monoisotopic (exact) mass is 355 g/mol. The van der Waals surface area contributed by atoms with Gasteiger partial charge in [-0.25, -0.2) is 8.78 Å². The van der Waals surface area contributed by atoms with E-state index in [1.54, 1.807) is 24.3 Å². The molecular weight excluding hydrogens is 344 g/mol. The van der Waals surface area contributed by atoms with Crippen LogP contribution in [0, 0.1) is 11.6 Å². The van der Waals surface area contributed by atoms with Crippen LogP contribution in [0.3, 0.4) is 0 Å². The third kappa shape index (κ3) is 3.78. The largest absolute Gasteiger partial charge is 0.496 e. The molecule has 0 aliphatic carbocycles. The number of hydrogen-bond donors (Lipinski definition) is 1. The number of methoxy groups -OCH3 is 1. The van der Waals surface area contributed by atoms with E-state index in [2.05, 4.69) is 21.2 Å². The molecule has 0 atom stereocenters. The number of nitrogens with one attached hydrogen (secondary N) is 1. The summed E-state index contributed by atoms with van der Waals surface area (Å²) in [5, 5.41) is 2.35. The number of benzene rings is 2. The smallest absolute Gasteiger partial charge is 0.229 e. The van der Waals surface area contributed by atoms with Gasteiger partial charge in [0, 0.05) is 11.6 Å². The fourth-order valence-corrected chi connectivity index (χ4v) is 2.15. The van der Waals surface area contributed by atoms with Crippen molar-refractivity contribution in [2.75, 3.05) is 12.4 Å². The Balaban J connectivity index is 2.14. The third-order valence-corrected chi connectivity index (χ3v) is 3.44. The van der Waals surface area contributed by atoms with Crippen LogP contribution < -0.4 is 10.1 Å². The number of ether oxygens (including phenoxy) is 1. The van der Waals surface area contributed by atoms with Crippen LogP contribution >= 0.6 is 15.9 Å². The van der Waals surface area contributed by atoms with E-state index in [-0.39, 0.29) is 16.6 Å². The molecule has 0 aliphatic heterocycles. The lowest BCUT2D eigenvalue weighted by atomic mass is 10.1. The number of carbonyl (C=O) groups is 1. The van der Waals surface area contributed by atoms with Crippen molar-refractivity contribution in [3.8, 4) is 5.75 Å². The first kappa shape index (κ1) is 15.4. The fraction of sp³-hybridized carbons (Fsp3) is 0.133. The predicted octanol–water partition coefficient (Wildman–Crippen LogP) is 3.92. The number of para-hydroxylation sites is 1. The zero-order valence-corrected chi connectivity index (χ0v) is 12.7. The second kappa shape index (κ2) is 6.67. The van der Waals surface area contributed by atoms with Crippen LogP contribution in [-0.2, 0) is 11.2 Å². The summed E-state index contributed by atoms with van der Waals surface area (Å²) in [4.78, 5) is 11.9. The SMILES string of the molecule is COc1ccccc1CC(=O)Nc1cc(F)c(Br)cc1F. The van der Waals surface area contributed by atoms with Gasteiger partial charge in [0.05, 0.1) is 23.7 Å². The van der Waals surface area contributed by atoms with Gasteiger partial charge >= 0.3 is 0 Å². The van der Waals surface area contributed by atoms with Gasteiger partial charge in [-0.2, -0.15) is 0 Å². The van der Waals surface area contributed by atoms with Gasteiger partial charge in [-0.15, -0.1) is 0 Å². The maximum atomic E-state index is 13.6. The van der Waals surface area contributed by atoms with Crippen molar-refractivity contribution in [2.24, 2.45) is 0 Å². The topological polar surface area (TPSA) is 38.3 Å². The van der Waals surface area contributed by atoms with Gasteiger partial charge in [0.15, 0.2) is 0 Å². The van der Waals surface area contributed by atoms with Gasteiger partial charge in [0.2, 0.25) is 5.91 Å². The summed E-state index contributed by atoms with van der Waals surface area (Å²) >= 11 is 2.87. The Hall–Kier alpha value is -1.95. The number of rotatable bonds is 4. The molecule has 0 fully saturated rings. The average Bonchev–Trinajstić information content (AvgIpc) is 2.45. The molecule has 2 rings (SSSR count). The molecule has 0 heterocycles. The third-order valence-electron chi connectivity index (χ3n) is 2.83. The molecule has 0 aliphatic rings. The highest BCUT2D eigenvalue weighted by atomic mass is 79.9. The van der Waals surface area contributed by atoms with E-state index in [0.29, 0.717) is 11.3 Å². The minimum absolute atomic E-state index is 0.00113. The second-order valence-electron chi connectivity index (χ2n) is 4.28. The van der Waals surface area contributed by atoms with Crippen LogP contribution in [0.4, 0.5) is 14.5 Å². The minimum atomic E-state index is -0.711. The Morgan fingerprint density at radius 1 is 1.24 bits per heavy atom. The van der Waals surface area contributed by atoms with Crippen LogP contribution in [0.25, 0.3) is 0 Å². The molecule has 1 amide bonds. The molecule has 0 saturated heterocycles. The van der Waals surface area contributed by atoms with Crippen molar-refractivity contribution >= 4 is 27.5 Å². The van der Waals surface area contributed by atoms with Crippen LogP contribution in [0.15, 0.2) is 40.9 Å². The van der Waals surface area contributed by atoms with Gasteiger partial charge in [-0.05, 0) is 28.1 Å². The number of hydrogen-bond acceptors (Lipinski definition) is 2. The molecule has 3 nitrogen and oxygen atoms in total. The molecule has 2 aromatic carbocycles. The minimum Gasteiger partial charge on any atom is -0.496 e. The molecule has 2 aromatic rings. The van der Waals surface area contributed by atoms with Gasteiger partial charge in [0.1, 0.15) is 17.4 Å². The first-order valence-corrected chi connectivity index (χ1v) is 6.87. The lowest BCUT2D eigenvalue weighted by Gasteiger charge is -2.10. The van der Waals surface area contributed by atoms with Gasteiger partial charge in [-0.1, -0.05) is 18.2 Å². The molecule has 0 aromatic heterocycles. The van der Waals surface area contributed by atoms with E-state index in [0.717, 1.165) is 12.1 Å². The Bertz CT molecular complexity index is 677. The number of amides is 1. The van der Waals surface area contributed by atoms with Gasteiger partial charge < -0.3 is 10.1 Å². The maximum Gasteiger partial charge on any atom is 0.229 e. The van der Waals surface area contributed by atoms with E-state index in [1.165, 1.54) is 7.11 Å². The molecule has 0 saturated carbocycles. The van der Waals surface area contributed by atoms with Crippen LogP contribution in [0.5, 0.6) is 5.75 Å². The van der Waals surface area contributed by atoms with Crippen LogP contribution in [-0.4, -0.2) is 13.0 Å². The van der Waals surface area contributed by atoms with Gasteiger partial charge in [-0.3, -0.25) is 4.79 Å². The Labute approximate surface area is 129 Å². The molecule has 1 N–H and O–H groups in total. The van der Waals surface area contributed by atoms with Crippen molar-refractivity contribution in [3.63, 3.8) is 0 Å². The first-order chi connectivity index (χ1) is 10.0. The summed E-state index contributed by atoms with van der Waals surface area (Å²) in [5.41, 5.74) is 0.464. The summed E-state index contributed by atoms with van der Waals surface area (Å²) < 4.78 is 32.1. The molecule has 0 bridgehead atoms.